The van der Waals surface area contributed by atoms with Crippen LogP contribution in [0.2, 0.25) is 0 Å². The second-order valence-electron chi connectivity index (χ2n) is 6.37. The predicted molar refractivity (Wildman–Crippen MR) is 113 cm³/mol. The SMILES string of the molecule is O=C(c1ccc(-n2nc(SCc3ccccc3)sc2=S)cc1)N1CCCC1. The summed E-state index contributed by atoms with van der Waals surface area (Å²) in [6.45, 7) is 1.72. The summed E-state index contributed by atoms with van der Waals surface area (Å²) in [5.74, 6) is 0.979. The molecule has 1 aliphatic heterocycles. The van der Waals surface area contributed by atoms with Crippen molar-refractivity contribution in [1.82, 2.24) is 14.7 Å². The van der Waals surface area contributed by atoms with E-state index in [0.717, 1.165) is 47.3 Å². The minimum atomic E-state index is 0.111. The van der Waals surface area contributed by atoms with Gasteiger partial charge in [0.15, 0.2) is 8.29 Å². The maximum atomic E-state index is 12.5. The van der Waals surface area contributed by atoms with Gasteiger partial charge in [0.05, 0.1) is 5.69 Å². The number of hydrogen-bond acceptors (Lipinski definition) is 5. The van der Waals surface area contributed by atoms with Gasteiger partial charge < -0.3 is 4.90 Å². The predicted octanol–water partition coefficient (Wildman–Crippen LogP) is 5.19. The Morgan fingerprint density at radius 2 is 1.78 bits per heavy atom. The van der Waals surface area contributed by atoms with Gasteiger partial charge in [-0.1, -0.05) is 53.4 Å². The molecule has 1 aliphatic rings. The molecule has 1 amide bonds. The second-order valence-corrected chi connectivity index (χ2v) is 9.21. The summed E-state index contributed by atoms with van der Waals surface area (Å²) >= 11 is 8.69. The van der Waals surface area contributed by atoms with E-state index in [1.165, 1.54) is 16.9 Å². The van der Waals surface area contributed by atoms with Gasteiger partial charge in [-0.2, -0.15) is 0 Å². The molecule has 0 radical (unpaired) electrons. The zero-order valence-corrected chi connectivity index (χ0v) is 17.2. The average molecular weight is 414 g/mol. The van der Waals surface area contributed by atoms with Crippen LogP contribution in [0, 0.1) is 3.95 Å². The van der Waals surface area contributed by atoms with E-state index < -0.39 is 0 Å². The van der Waals surface area contributed by atoms with E-state index in [4.69, 9.17) is 12.2 Å². The van der Waals surface area contributed by atoms with Crippen LogP contribution >= 0.6 is 35.3 Å². The third kappa shape index (κ3) is 4.31. The van der Waals surface area contributed by atoms with Gasteiger partial charge in [-0.3, -0.25) is 4.79 Å². The van der Waals surface area contributed by atoms with Crippen molar-refractivity contribution in [2.45, 2.75) is 22.9 Å². The smallest absolute Gasteiger partial charge is 0.253 e. The van der Waals surface area contributed by atoms with Crippen LogP contribution in [0.5, 0.6) is 0 Å². The topological polar surface area (TPSA) is 38.1 Å². The molecule has 0 spiro atoms. The van der Waals surface area contributed by atoms with E-state index in [1.54, 1.807) is 16.4 Å². The lowest BCUT2D eigenvalue weighted by Crippen LogP contribution is -2.27. The van der Waals surface area contributed by atoms with Crippen molar-refractivity contribution < 1.29 is 4.79 Å². The Morgan fingerprint density at radius 1 is 1.07 bits per heavy atom. The van der Waals surface area contributed by atoms with Crippen molar-refractivity contribution in [3.8, 4) is 5.69 Å². The molecule has 0 atom stereocenters. The number of aromatic nitrogens is 2. The number of amides is 1. The third-order valence-corrected chi connectivity index (χ3v) is 6.92. The number of benzene rings is 2. The average Bonchev–Trinajstić information content (AvgIpc) is 3.37. The molecule has 0 saturated carbocycles. The number of rotatable bonds is 5. The van der Waals surface area contributed by atoms with E-state index in [-0.39, 0.29) is 5.91 Å². The first-order chi connectivity index (χ1) is 13.2. The fourth-order valence-corrected chi connectivity index (χ4v) is 5.37. The maximum Gasteiger partial charge on any atom is 0.253 e. The molecular weight excluding hydrogens is 394 g/mol. The molecule has 2 aromatic carbocycles. The van der Waals surface area contributed by atoms with E-state index >= 15 is 0 Å². The van der Waals surface area contributed by atoms with Crippen LogP contribution in [0.15, 0.2) is 58.9 Å². The zero-order chi connectivity index (χ0) is 18.6. The van der Waals surface area contributed by atoms with E-state index in [1.807, 2.05) is 47.4 Å². The number of hydrogen-bond donors (Lipinski definition) is 0. The number of nitrogens with zero attached hydrogens (tertiary/aromatic N) is 3. The molecule has 1 aromatic heterocycles. The first kappa shape index (κ1) is 18.4. The minimum absolute atomic E-state index is 0.111. The van der Waals surface area contributed by atoms with Gasteiger partial charge in [0.2, 0.25) is 0 Å². The Balaban J connectivity index is 1.47. The third-order valence-electron chi connectivity index (χ3n) is 4.49. The molecule has 3 aromatic rings. The highest BCUT2D eigenvalue weighted by Gasteiger charge is 2.19. The van der Waals surface area contributed by atoms with Gasteiger partial charge in [-0.25, -0.2) is 4.68 Å². The highest BCUT2D eigenvalue weighted by atomic mass is 32.2. The van der Waals surface area contributed by atoms with Crippen LogP contribution < -0.4 is 0 Å². The number of carbonyl (C=O) groups excluding carboxylic acids is 1. The van der Waals surface area contributed by atoms with Crippen LogP contribution in [0.4, 0.5) is 0 Å². The van der Waals surface area contributed by atoms with E-state index in [2.05, 4.69) is 17.2 Å². The summed E-state index contributed by atoms with van der Waals surface area (Å²) in [4.78, 5) is 14.4. The number of thioether (sulfide) groups is 1. The fraction of sp³-hybridized carbons (Fsp3) is 0.250. The van der Waals surface area contributed by atoms with Gasteiger partial charge in [0.1, 0.15) is 0 Å². The zero-order valence-electron chi connectivity index (χ0n) is 14.7. The number of likely N-dealkylation sites (tertiary alicyclic amines) is 1. The minimum Gasteiger partial charge on any atom is -0.339 e. The Bertz CT molecular complexity index is 974. The molecule has 0 bridgehead atoms. The van der Waals surface area contributed by atoms with Crippen molar-refractivity contribution in [2.75, 3.05) is 13.1 Å². The summed E-state index contributed by atoms with van der Waals surface area (Å²) in [5.41, 5.74) is 2.88. The van der Waals surface area contributed by atoms with Crippen molar-refractivity contribution in [1.29, 1.82) is 0 Å². The quantitative estimate of drug-likeness (QED) is 0.426. The Morgan fingerprint density at radius 3 is 2.48 bits per heavy atom. The molecule has 138 valence electrons. The molecule has 0 unspecified atom stereocenters. The summed E-state index contributed by atoms with van der Waals surface area (Å²) < 4.78 is 3.43. The molecule has 1 fully saturated rings. The first-order valence-electron chi connectivity index (χ1n) is 8.87. The van der Waals surface area contributed by atoms with Gasteiger partial charge in [0.25, 0.3) is 5.91 Å². The monoisotopic (exact) mass is 413 g/mol. The summed E-state index contributed by atoms with van der Waals surface area (Å²) in [7, 11) is 0. The molecule has 27 heavy (non-hydrogen) atoms. The highest BCUT2D eigenvalue weighted by molar-refractivity contribution is 8.00. The van der Waals surface area contributed by atoms with Crippen molar-refractivity contribution in [3.05, 3.63) is 69.7 Å². The van der Waals surface area contributed by atoms with Crippen LogP contribution in [0.1, 0.15) is 28.8 Å². The largest absolute Gasteiger partial charge is 0.339 e. The Hall–Kier alpha value is -1.96. The van der Waals surface area contributed by atoms with E-state index in [9.17, 15) is 4.79 Å². The molecule has 0 N–H and O–H groups in total. The molecular formula is C20H19N3OS3. The highest BCUT2D eigenvalue weighted by Crippen LogP contribution is 2.27. The molecule has 1 saturated heterocycles. The molecule has 4 nitrogen and oxygen atoms in total. The van der Waals surface area contributed by atoms with E-state index in [0.29, 0.717) is 3.95 Å². The second kappa shape index (κ2) is 8.37. The van der Waals surface area contributed by atoms with Crippen molar-refractivity contribution in [2.24, 2.45) is 0 Å². The molecule has 7 heteroatoms. The Kier molecular flexibility index (Phi) is 5.71. The van der Waals surface area contributed by atoms with Gasteiger partial charge >= 0.3 is 0 Å². The summed E-state index contributed by atoms with van der Waals surface area (Å²) in [6, 6.07) is 17.9. The molecule has 4 rings (SSSR count). The maximum absolute atomic E-state index is 12.5. The lowest BCUT2D eigenvalue weighted by molar-refractivity contribution is 0.0793. The lowest BCUT2D eigenvalue weighted by Gasteiger charge is -2.15. The van der Waals surface area contributed by atoms with Gasteiger partial charge in [-0.05, 0) is 54.9 Å². The summed E-state index contributed by atoms with van der Waals surface area (Å²) in [6.07, 6.45) is 2.20. The van der Waals surface area contributed by atoms with Crippen LogP contribution in [0.3, 0.4) is 0 Å². The fourth-order valence-electron chi connectivity index (χ4n) is 3.05. The van der Waals surface area contributed by atoms with Gasteiger partial charge in [0, 0.05) is 24.4 Å². The van der Waals surface area contributed by atoms with Crippen LogP contribution in [-0.2, 0) is 5.75 Å². The lowest BCUT2D eigenvalue weighted by atomic mass is 10.2. The van der Waals surface area contributed by atoms with Crippen LogP contribution in [0.25, 0.3) is 5.69 Å². The first-order valence-corrected chi connectivity index (χ1v) is 11.1. The Labute approximate surface area is 171 Å². The van der Waals surface area contributed by atoms with Gasteiger partial charge in [-0.15, -0.1) is 5.10 Å². The number of carbonyl (C=O) groups is 1. The van der Waals surface area contributed by atoms with Crippen LogP contribution in [-0.4, -0.2) is 33.7 Å². The van der Waals surface area contributed by atoms with Crippen molar-refractivity contribution in [3.63, 3.8) is 0 Å². The normalized spacial score (nSPS) is 13.9. The standard InChI is InChI=1S/C20H19N3OS3/c24-18(22-12-4-5-13-22)16-8-10-17(11-9-16)23-20(25)27-19(21-23)26-14-15-6-2-1-3-7-15/h1-3,6-11H,4-5,12-14H2. The van der Waals surface area contributed by atoms with Crippen molar-refractivity contribution >= 4 is 41.2 Å². The molecule has 0 aliphatic carbocycles. The molecule has 2 heterocycles. The summed E-state index contributed by atoms with van der Waals surface area (Å²) in [5, 5.41) is 4.65.